The third-order valence-electron chi connectivity index (χ3n) is 2.91. The molecule has 0 fully saturated rings. The molecule has 2 aromatic rings. The van der Waals surface area contributed by atoms with Gasteiger partial charge in [-0.3, -0.25) is 4.57 Å². The second kappa shape index (κ2) is 4.56. The van der Waals surface area contributed by atoms with E-state index in [9.17, 15) is 9.90 Å². The summed E-state index contributed by atoms with van der Waals surface area (Å²) in [4.78, 5) is 15.6. The van der Waals surface area contributed by atoms with Gasteiger partial charge in [0, 0.05) is 18.8 Å². The van der Waals surface area contributed by atoms with Gasteiger partial charge in [-0.2, -0.15) is 5.10 Å². The van der Waals surface area contributed by atoms with Crippen molar-refractivity contribution in [2.45, 2.75) is 27.2 Å². The summed E-state index contributed by atoms with van der Waals surface area (Å²) in [6, 6.07) is 0. The molecule has 0 bridgehead atoms. The lowest BCUT2D eigenvalue weighted by Crippen LogP contribution is -2.14. The Hall–Kier alpha value is -2.24. The quantitative estimate of drug-likeness (QED) is 0.888. The minimum atomic E-state index is -1.00. The number of carboxylic acids is 1. The van der Waals surface area contributed by atoms with E-state index < -0.39 is 5.97 Å². The van der Waals surface area contributed by atoms with Crippen LogP contribution >= 0.6 is 0 Å². The van der Waals surface area contributed by atoms with Gasteiger partial charge in [0.2, 0.25) is 0 Å². The molecule has 0 spiro atoms. The molecule has 2 rings (SSSR count). The van der Waals surface area contributed by atoms with Gasteiger partial charge in [-0.25, -0.2) is 9.78 Å². The molecular weight excluding hydrogens is 232 g/mol. The molecular formula is C12H14N4O2. The molecule has 0 amide bonds. The molecule has 0 aromatic carbocycles. The smallest absolute Gasteiger partial charge is 0.339 e. The molecule has 94 valence electrons. The Kier molecular flexibility index (Phi) is 3.10. The fraction of sp³-hybridized carbons (Fsp3) is 0.333. The number of carbonyl (C=O) groups is 1. The second-order valence-electron chi connectivity index (χ2n) is 3.98. The van der Waals surface area contributed by atoms with Gasteiger partial charge in [-0.05, 0) is 19.4 Å². The highest BCUT2D eigenvalue weighted by Gasteiger charge is 2.20. The fourth-order valence-corrected chi connectivity index (χ4v) is 1.81. The highest BCUT2D eigenvalue weighted by atomic mass is 16.4. The molecule has 0 saturated heterocycles. The van der Waals surface area contributed by atoms with Gasteiger partial charge in [0.1, 0.15) is 11.4 Å². The molecule has 0 atom stereocenters. The van der Waals surface area contributed by atoms with E-state index in [0.29, 0.717) is 23.5 Å². The van der Waals surface area contributed by atoms with E-state index in [-0.39, 0.29) is 5.56 Å². The van der Waals surface area contributed by atoms with Gasteiger partial charge >= 0.3 is 5.97 Å². The van der Waals surface area contributed by atoms with E-state index in [1.807, 2.05) is 6.92 Å². The van der Waals surface area contributed by atoms with Crippen LogP contribution in [0.15, 0.2) is 12.4 Å². The summed E-state index contributed by atoms with van der Waals surface area (Å²) in [6.45, 7) is 5.43. The van der Waals surface area contributed by atoms with Crippen LogP contribution in [0.4, 0.5) is 0 Å². The van der Waals surface area contributed by atoms with Crippen LogP contribution in [0, 0.1) is 13.8 Å². The molecule has 18 heavy (non-hydrogen) atoms. The zero-order valence-corrected chi connectivity index (χ0v) is 10.5. The Morgan fingerprint density at radius 1 is 1.39 bits per heavy atom. The van der Waals surface area contributed by atoms with Crippen molar-refractivity contribution in [2.24, 2.45) is 0 Å². The number of aryl methyl sites for hydroxylation is 2. The van der Waals surface area contributed by atoms with Crippen LogP contribution < -0.4 is 0 Å². The maximum atomic E-state index is 11.4. The first-order valence-corrected chi connectivity index (χ1v) is 5.66. The predicted octanol–water partition coefficient (Wildman–Crippen LogP) is 1.54. The summed E-state index contributed by atoms with van der Waals surface area (Å²) in [6.07, 6.45) is 4.02. The number of aromatic carboxylic acids is 1. The summed E-state index contributed by atoms with van der Waals surface area (Å²) in [5.41, 5.74) is 1.42. The lowest BCUT2D eigenvalue weighted by atomic mass is 10.1. The molecule has 0 aliphatic rings. The van der Waals surface area contributed by atoms with E-state index in [4.69, 9.17) is 0 Å². The van der Waals surface area contributed by atoms with Crippen LogP contribution in [0.3, 0.4) is 0 Å². The minimum absolute atomic E-state index is 0.176. The number of carboxylic acid groups (broad SMARTS) is 1. The molecule has 0 unspecified atom stereocenters. The Morgan fingerprint density at radius 3 is 2.72 bits per heavy atom. The van der Waals surface area contributed by atoms with Crippen molar-refractivity contribution in [1.82, 2.24) is 19.7 Å². The van der Waals surface area contributed by atoms with Crippen molar-refractivity contribution in [3.05, 3.63) is 35.0 Å². The molecule has 1 N–H and O–H groups in total. The topological polar surface area (TPSA) is 80.9 Å². The fourth-order valence-electron chi connectivity index (χ4n) is 1.81. The largest absolute Gasteiger partial charge is 0.478 e. The first-order chi connectivity index (χ1) is 8.56. The first-order valence-electron chi connectivity index (χ1n) is 5.66. The predicted molar refractivity (Wildman–Crippen MR) is 65.0 cm³/mol. The average molecular weight is 246 g/mol. The molecule has 6 nitrogen and oxygen atoms in total. The van der Waals surface area contributed by atoms with Crippen molar-refractivity contribution >= 4 is 5.97 Å². The third kappa shape index (κ3) is 1.85. The zero-order valence-electron chi connectivity index (χ0n) is 10.5. The standard InChI is InChI=1S/C12H14N4O2/c1-4-9-13-5-6-16(9)11-10(12(17)18)7(2)8(3)14-15-11/h5-6H,4H2,1-3H3,(H,17,18). The number of aromatic nitrogens is 4. The van der Waals surface area contributed by atoms with E-state index in [0.717, 1.165) is 5.82 Å². The van der Waals surface area contributed by atoms with Gasteiger partial charge in [-0.15, -0.1) is 5.10 Å². The van der Waals surface area contributed by atoms with Crippen LogP contribution in [-0.4, -0.2) is 30.8 Å². The lowest BCUT2D eigenvalue weighted by Gasteiger charge is -2.11. The molecule has 0 radical (unpaired) electrons. The highest BCUT2D eigenvalue weighted by molar-refractivity contribution is 5.93. The molecule has 2 aromatic heterocycles. The maximum absolute atomic E-state index is 11.4. The highest BCUT2D eigenvalue weighted by Crippen LogP contribution is 2.19. The lowest BCUT2D eigenvalue weighted by molar-refractivity contribution is 0.0695. The van der Waals surface area contributed by atoms with Crippen molar-refractivity contribution in [1.29, 1.82) is 0 Å². The molecule has 0 saturated carbocycles. The second-order valence-corrected chi connectivity index (χ2v) is 3.98. The van der Waals surface area contributed by atoms with Gasteiger partial charge in [0.05, 0.1) is 5.69 Å². The van der Waals surface area contributed by atoms with Crippen LogP contribution in [0.2, 0.25) is 0 Å². The van der Waals surface area contributed by atoms with Crippen LogP contribution in [-0.2, 0) is 6.42 Å². The van der Waals surface area contributed by atoms with E-state index in [2.05, 4.69) is 15.2 Å². The van der Waals surface area contributed by atoms with Gasteiger partial charge in [0.15, 0.2) is 5.82 Å². The molecule has 6 heteroatoms. The van der Waals surface area contributed by atoms with E-state index in [1.165, 1.54) is 0 Å². The SMILES string of the molecule is CCc1nccn1-c1nnc(C)c(C)c1C(=O)O. The summed E-state index contributed by atoms with van der Waals surface area (Å²) < 4.78 is 1.67. The number of imidazole rings is 1. The van der Waals surface area contributed by atoms with Crippen molar-refractivity contribution in [3.8, 4) is 5.82 Å². The molecule has 2 heterocycles. The Labute approximate surface area is 104 Å². The normalized spacial score (nSPS) is 10.6. The van der Waals surface area contributed by atoms with E-state index >= 15 is 0 Å². The summed E-state index contributed by atoms with van der Waals surface area (Å²) in [5.74, 6) is 0.0752. The van der Waals surface area contributed by atoms with Gasteiger partial charge in [-0.1, -0.05) is 6.92 Å². The number of rotatable bonds is 3. The number of hydrogen-bond donors (Lipinski definition) is 1. The van der Waals surface area contributed by atoms with Crippen molar-refractivity contribution in [3.63, 3.8) is 0 Å². The Bertz CT molecular complexity index is 604. The summed E-state index contributed by atoms with van der Waals surface area (Å²) in [5, 5.41) is 17.3. The first kappa shape index (κ1) is 12.2. The van der Waals surface area contributed by atoms with Gasteiger partial charge < -0.3 is 5.11 Å². The van der Waals surface area contributed by atoms with Crippen LogP contribution in [0.25, 0.3) is 5.82 Å². The number of hydrogen-bond acceptors (Lipinski definition) is 4. The van der Waals surface area contributed by atoms with Crippen molar-refractivity contribution < 1.29 is 9.90 Å². The molecule has 0 aliphatic heterocycles. The average Bonchev–Trinajstić information content (AvgIpc) is 2.79. The Balaban J connectivity index is 2.72. The zero-order chi connectivity index (χ0) is 13.3. The van der Waals surface area contributed by atoms with Crippen LogP contribution in [0.5, 0.6) is 0 Å². The number of nitrogens with zero attached hydrogens (tertiary/aromatic N) is 4. The summed E-state index contributed by atoms with van der Waals surface area (Å²) in [7, 11) is 0. The minimum Gasteiger partial charge on any atom is -0.478 e. The maximum Gasteiger partial charge on any atom is 0.339 e. The Morgan fingerprint density at radius 2 is 2.11 bits per heavy atom. The third-order valence-corrected chi connectivity index (χ3v) is 2.91. The van der Waals surface area contributed by atoms with Crippen LogP contribution in [0.1, 0.15) is 34.4 Å². The monoisotopic (exact) mass is 246 g/mol. The molecule has 0 aliphatic carbocycles. The van der Waals surface area contributed by atoms with E-state index in [1.54, 1.807) is 30.8 Å². The van der Waals surface area contributed by atoms with Crippen molar-refractivity contribution in [2.75, 3.05) is 0 Å². The summed E-state index contributed by atoms with van der Waals surface area (Å²) >= 11 is 0. The van der Waals surface area contributed by atoms with Gasteiger partial charge in [0.25, 0.3) is 0 Å².